The molecule has 1 atom stereocenters. The van der Waals surface area contributed by atoms with Crippen LogP contribution >= 0.6 is 0 Å². The third-order valence-corrected chi connectivity index (χ3v) is 3.83. The number of nitrogens with one attached hydrogen (secondary N) is 1. The topological polar surface area (TPSA) is 66.8 Å². The van der Waals surface area contributed by atoms with E-state index in [1.807, 2.05) is 33.0 Å². The normalized spacial score (nSPS) is 18.0. The molecule has 0 aliphatic carbocycles. The second-order valence-electron chi connectivity index (χ2n) is 5.42. The van der Waals surface area contributed by atoms with Crippen LogP contribution in [0.25, 0.3) is 0 Å². The highest BCUT2D eigenvalue weighted by Crippen LogP contribution is 2.29. The summed E-state index contributed by atoms with van der Waals surface area (Å²) in [5.74, 6) is 3.13. The largest absolute Gasteiger partial charge is 0.373 e. The van der Waals surface area contributed by atoms with E-state index in [0.717, 1.165) is 48.4 Å². The summed E-state index contributed by atoms with van der Waals surface area (Å²) in [6.45, 7) is 5.87. The van der Waals surface area contributed by atoms with Crippen molar-refractivity contribution >= 4 is 11.6 Å². The predicted octanol–water partition coefficient (Wildman–Crippen LogP) is 1.92. The van der Waals surface area contributed by atoms with Crippen molar-refractivity contribution in [1.82, 2.24) is 19.9 Å². The van der Waals surface area contributed by atoms with Gasteiger partial charge < -0.3 is 10.2 Å². The number of nitrogens with zero attached hydrogens (tertiary/aromatic N) is 5. The Morgan fingerprint density at radius 2 is 2.05 bits per heavy atom. The first-order valence-electron chi connectivity index (χ1n) is 7.22. The lowest BCUT2D eigenvalue weighted by Gasteiger charge is -2.17. The molecule has 110 valence electrons. The molecule has 1 saturated heterocycles. The van der Waals surface area contributed by atoms with Crippen molar-refractivity contribution in [3.8, 4) is 0 Å². The van der Waals surface area contributed by atoms with Crippen LogP contribution in [0, 0.1) is 13.8 Å². The summed E-state index contributed by atoms with van der Waals surface area (Å²) in [7, 11) is 1.89. The van der Waals surface area contributed by atoms with Gasteiger partial charge in [0.05, 0.1) is 5.69 Å². The minimum atomic E-state index is 0.425. The Kier molecular flexibility index (Phi) is 3.68. The van der Waals surface area contributed by atoms with Gasteiger partial charge in [-0.05, 0) is 20.3 Å². The van der Waals surface area contributed by atoms with Crippen molar-refractivity contribution in [1.29, 1.82) is 0 Å². The molecule has 3 rings (SSSR count). The first-order valence-corrected chi connectivity index (χ1v) is 7.22. The molecule has 0 aromatic carbocycles. The van der Waals surface area contributed by atoms with Gasteiger partial charge in [-0.15, -0.1) is 0 Å². The summed E-state index contributed by atoms with van der Waals surface area (Å²) in [4.78, 5) is 19.8. The van der Waals surface area contributed by atoms with E-state index in [1.165, 1.54) is 0 Å². The van der Waals surface area contributed by atoms with Gasteiger partial charge in [-0.1, -0.05) is 0 Å². The van der Waals surface area contributed by atoms with E-state index in [2.05, 4.69) is 30.2 Å². The molecule has 0 unspecified atom stereocenters. The monoisotopic (exact) mass is 284 g/mol. The van der Waals surface area contributed by atoms with Crippen LogP contribution in [0.2, 0.25) is 0 Å². The van der Waals surface area contributed by atoms with Crippen molar-refractivity contribution in [2.75, 3.05) is 30.4 Å². The number of rotatable bonds is 3. The fourth-order valence-electron chi connectivity index (χ4n) is 2.75. The van der Waals surface area contributed by atoms with Crippen molar-refractivity contribution in [3.05, 3.63) is 35.7 Å². The van der Waals surface area contributed by atoms with Gasteiger partial charge in [-0.3, -0.25) is 0 Å². The average Bonchev–Trinajstić information content (AvgIpc) is 2.96. The van der Waals surface area contributed by atoms with Gasteiger partial charge in [0.2, 0.25) is 0 Å². The van der Waals surface area contributed by atoms with Crippen molar-refractivity contribution in [3.63, 3.8) is 0 Å². The van der Waals surface area contributed by atoms with Gasteiger partial charge in [0.25, 0.3) is 0 Å². The fraction of sp³-hybridized carbons (Fsp3) is 0.467. The Hall–Kier alpha value is -2.24. The molecule has 1 fully saturated rings. The van der Waals surface area contributed by atoms with Crippen LogP contribution in [-0.4, -0.2) is 40.1 Å². The van der Waals surface area contributed by atoms with Gasteiger partial charge in [0.1, 0.15) is 23.8 Å². The molecule has 0 spiro atoms. The first-order chi connectivity index (χ1) is 10.2. The van der Waals surface area contributed by atoms with E-state index in [-0.39, 0.29) is 0 Å². The molecule has 21 heavy (non-hydrogen) atoms. The Morgan fingerprint density at radius 3 is 2.81 bits per heavy atom. The molecule has 1 aliphatic rings. The molecule has 0 saturated carbocycles. The first kappa shape index (κ1) is 13.7. The van der Waals surface area contributed by atoms with Gasteiger partial charge >= 0.3 is 0 Å². The lowest BCUT2D eigenvalue weighted by atomic mass is 10.0. The fourth-order valence-corrected chi connectivity index (χ4v) is 2.75. The summed E-state index contributed by atoms with van der Waals surface area (Å²) >= 11 is 0. The van der Waals surface area contributed by atoms with Crippen LogP contribution in [0.15, 0.2) is 18.5 Å². The molecule has 3 heterocycles. The van der Waals surface area contributed by atoms with E-state index < -0.39 is 0 Å². The second-order valence-corrected chi connectivity index (χ2v) is 5.42. The highest BCUT2D eigenvalue weighted by Gasteiger charge is 2.26. The Morgan fingerprint density at radius 1 is 1.19 bits per heavy atom. The third-order valence-electron chi connectivity index (χ3n) is 3.83. The SMILES string of the molecule is CNc1cc([C@H]2CCN(c3cc(C)ncn3)C2)nc(C)n1. The molecule has 6 heteroatoms. The zero-order valence-electron chi connectivity index (χ0n) is 12.7. The summed E-state index contributed by atoms with van der Waals surface area (Å²) in [5.41, 5.74) is 2.11. The van der Waals surface area contributed by atoms with E-state index in [1.54, 1.807) is 6.33 Å². The highest BCUT2D eigenvalue weighted by atomic mass is 15.2. The van der Waals surface area contributed by atoms with Crippen LogP contribution in [0.3, 0.4) is 0 Å². The number of hydrogen-bond donors (Lipinski definition) is 1. The highest BCUT2D eigenvalue weighted by molar-refractivity contribution is 5.43. The molecule has 1 aliphatic heterocycles. The van der Waals surface area contributed by atoms with Crippen LogP contribution in [0.1, 0.15) is 29.6 Å². The molecule has 1 N–H and O–H groups in total. The van der Waals surface area contributed by atoms with Crippen LogP contribution in [0.4, 0.5) is 11.6 Å². The van der Waals surface area contributed by atoms with E-state index >= 15 is 0 Å². The molecule has 0 bridgehead atoms. The molecule has 6 nitrogen and oxygen atoms in total. The van der Waals surface area contributed by atoms with Crippen LogP contribution < -0.4 is 10.2 Å². The minimum Gasteiger partial charge on any atom is -0.373 e. The Bertz CT molecular complexity index is 642. The average molecular weight is 284 g/mol. The molecule has 2 aromatic heterocycles. The Balaban J connectivity index is 1.79. The summed E-state index contributed by atoms with van der Waals surface area (Å²) < 4.78 is 0. The number of anilines is 2. The lowest BCUT2D eigenvalue weighted by Crippen LogP contribution is -2.21. The number of aromatic nitrogens is 4. The zero-order valence-corrected chi connectivity index (χ0v) is 12.7. The third kappa shape index (κ3) is 2.94. The maximum atomic E-state index is 4.60. The second kappa shape index (κ2) is 5.63. The Labute approximate surface area is 124 Å². The number of hydrogen-bond acceptors (Lipinski definition) is 6. The lowest BCUT2D eigenvalue weighted by molar-refractivity contribution is 0.733. The predicted molar refractivity (Wildman–Crippen MR) is 82.7 cm³/mol. The van der Waals surface area contributed by atoms with Crippen LogP contribution in [0.5, 0.6) is 0 Å². The number of aryl methyl sites for hydroxylation is 2. The molecule has 0 radical (unpaired) electrons. The van der Waals surface area contributed by atoms with E-state index in [0.29, 0.717) is 5.92 Å². The van der Waals surface area contributed by atoms with Crippen molar-refractivity contribution in [2.24, 2.45) is 0 Å². The smallest absolute Gasteiger partial charge is 0.132 e. The van der Waals surface area contributed by atoms with Crippen molar-refractivity contribution in [2.45, 2.75) is 26.2 Å². The maximum Gasteiger partial charge on any atom is 0.132 e. The van der Waals surface area contributed by atoms with Gasteiger partial charge in [-0.25, -0.2) is 19.9 Å². The van der Waals surface area contributed by atoms with Gasteiger partial charge in [0, 0.05) is 43.9 Å². The summed E-state index contributed by atoms with van der Waals surface area (Å²) in [5, 5.41) is 3.10. The molecular formula is C15H20N6. The summed E-state index contributed by atoms with van der Waals surface area (Å²) in [6.07, 6.45) is 2.72. The minimum absolute atomic E-state index is 0.425. The van der Waals surface area contributed by atoms with Crippen molar-refractivity contribution < 1.29 is 0 Å². The van der Waals surface area contributed by atoms with Gasteiger partial charge in [0.15, 0.2) is 0 Å². The van der Waals surface area contributed by atoms with Gasteiger partial charge in [-0.2, -0.15) is 0 Å². The zero-order chi connectivity index (χ0) is 14.8. The molecular weight excluding hydrogens is 264 g/mol. The molecule has 0 amide bonds. The molecule has 2 aromatic rings. The van der Waals surface area contributed by atoms with E-state index in [4.69, 9.17) is 0 Å². The standard InChI is InChI=1S/C15H20N6/c1-10-6-15(18-9-17-10)21-5-4-12(8-21)13-7-14(16-3)20-11(2)19-13/h6-7,9,12H,4-5,8H2,1-3H3,(H,16,19,20)/t12-/m0/s1. The van der Waals surface area contributed by atoms with Crippen LogP contribution in [-0.2, 0) is 0 Å². The summed E-state index contributed by atoms with van der Waals surface area (Å²) in [6, 6.07) is 4.08. The quantitative estimate of drug-likeness (QED) is 0.929. The maximum absolute atomic E-state index is 4.60. The van der Waals surface area contributed by atoms with E-state index in [9.17, 15) is 0 Å².